The molecule has 0 aliphatic carbocycles. The number of halogens is 1. The van der Waals surface area contributed by atoms with Crippen LogP contribution in [-0.2, 0) is 0 Å². The third kappa shape index (κ3) is 2.62. The summed E-state index contributed by atoms with van der Waals surface area (Å²) in [6.07, 6.45) is 0. The van der Waals surface area contributed by atoms with Gasteiger partial charge in [-0.25, -0.2) is 9.78 Å². The summed E-state index contributed by atoms with van der Waals surface area (Å²) in [7, 11) is 0. The van der Waals surface area contributed by atoms with E-state index in [0.717, 1.165) is 11.3 Å². The highest BCUT2D eigenvalue weighted by Gasteiger charge is 2.14. The molecule has 0 unspecified atom stereocenters. The molecule has 0 spiro atoms. The van der Waals surface area contributed by atoms with Crippen molar-refractivity contribution in [1.82, 2.24) is 4.98 Å². The second kappa shape index (κ2) is 4.84. The Morgan fingerprint density at radius 3 is 3.00 bits per heavy atom. The molecule has 1 heterocycles. The van der Waals surface area contributed by atoms with Gasteiger partial charge in [-0.1, -0.05) is 28.9 Å². The highest BCUT2D eigenvalue weighted by Crippen LogP contribution is 2.26. The molecule has 14 heavy (non-hydrogen) atoms. The van der Waals surface area contributed by atoms with Crippen molar-refractivity contribution in [2.45, 2.75) is 6.92 Å². The van der Waals surface area contributed by atoms with E-state index in [4.69, 9.17) is 16.7 Å². The highest BCUT2D eigenvalue weighted by atomic mass is 35.5. The summed E-state index contributed by atoms with van der Waals surface area (Å²) in [5.41, 5.74) is 0. The molecule has 1 rings (SSSR count). The quantitative estimate of drug-likeness (QED) is 0.779. The Morgan fingerprint density at radius 2 is 2.50 bits per heavy atom. The molecule has 1 aromatic rings. The van der Waals surface area contributed by atoms with Crippen molar-refractivity contribution < 1.29 is 9.90 Å². The van der Waals surface area contributed by atoms with E-state index in [1.165, 1.54) is 0 Å². The zero-order valence-electron chi connectivity index (χ0n) is 7.30. The third-order valence-corrected chi connectivity index (χ3v) is 2.67. The number of aromatic nitrogens is 1. The van der Waals surface area contributed by atoms with Crippen LogP contribution in [0.5, 0.6) is 0 Å². The maximum absolute atomic E-state index is 10.6. The summed E-state index contributed by atoms with van der Waals surface area (Å²) in [4.78, 5) is 14.5. The van der Waals surface area contributed by atoms with E-state index < -0.39 is 5.97 Å². The predicted molar refractivity (Wildman–Crippen MR) is 56.0 cm³/mol. The van der Waals surface area contributed by atoms with E-state index in [1.54, 1.807) is 6.92 Å². The van der Waals surface area contributed by atoms with Gasteiger partial charge in [0.05, 0.1) is 6.54 Å². The summed E-state index contributed by atoms with van der Waals surface area (Å²) < 4.78 is 0. The number of hydrogen-bond donors (Lipinski definition) is 2. The van der Waals surface area contributed by atoms with Crippen LogP contribution in [0.25, 0.3) is 0 Å². The second-order valence-electron chi connectivity index (χ2n) is 2.22. The zero-order valence-corrected chi connectivity index (χ0v) is 8.87. The fraction of sp³-hybridized carbons (Fsp3) is 0.250. The Balaban J connectivity index is 2.74. The summed E-state index contributed by atoms with van der Waals surface area (Å²) in [6, 6.07) is 0. The molecule has 0 saturated heterocycles. The topological polar surface area (TPSA) is 62.2 Å². The van der Waals surface area contributed by atoms with Gasteiger partial charge in [-0.05, 0) is 6.92 Å². The minimum Gasteiger partial charge on any atom is -0.477 e. The van der Waals surface area contributed by atoms with E-state index in [9.17, 15) is 4.79 Å². The molecular weight excluding hydrogens is 224 g/mol. The van der Waals surface area contributed by atoms with Crippen LogP contribution in [0.2, 0.25) is 5.15 Å². The fourth-order valence-corrected chi connectivity index (χ4v) is 1.74. The smallest absolute Gasteiger partial charge is 0.349 e. The van der Waals surface area contributed by atoms with E-state index in [1.807, 2.05) is 0 Å². The van der Waals surface area contributed by atoms with Crippen LogP contribution >= 0.6 is 22.9 Å². The second-order valence-corrected chi connectivity index (χ2v) is 3.58. The molecule has 0 bridgehead atoms. The molecule has 4 nitrogen and oxygen atoms in total. The molecule has 0 amide bonds. The lowest BCUT2D eigenvalue weighted by Gasteiger charge is -1.92. The van der Waals surface area contributed by atoms with Crippen LogP contribution in [0, 0.1) is 11.8 Å². The molecule has 6 heteroatoms. The number of carbonyl (C=O) groups is 1. The van der Waals surface area contributed by atoms with Crippen LogP contribution in [0.4, 0.5) is 5.13 Å². The summed E-state index contributed by atoms with van der Waals surface area (Å²) in [5.74, 6) is 4.40. The Hall–Kier alpha value is -1.25. The highest BCUT2D eigenvalue weighted by molar-refractivity contribution is 7.17. The van der Waals surface area contributed by atoms with Crippen molar-refractivity contribution in [3.8, 4) is 11.8 Å². The number of carboxylic acid groups (broad SMARTS) is 1. The van der Waals surface area contributed by atoms with Crippen LogP contribution in [0.3, 0.4) is 0 Å². The number of aromatic carboxylic acids is 1. The molecule has 0 fully saturated rings. The minimum absolute atomic E-state index is 0.00876. The average Bonchev–Trinajstić information content (AvgIpc) is 2.47. The van der Waals surface area contributed by atoms with Gasteiger partial charge >= 0.3 is 5.97 Å². The van der Waals surface area contributed by atoms with Gasteiger partial charge in [-0.2, -0.15) is 0 Å². The van der Waals surface area contributed by atoms with Crippen molar-refractivity contribution in [3.63, 3.8) is 0 Å². The van der Waals surface area contributed by atoms with Gasteiger partial charge in [0.2, 0.25) is 0 Å². The number of thiazole rings is 1. The monoisotopic (exact) mass is 230 g/mol. The molecule has 1 aromatic heterocycles. The van der Waals surface area contributed by atoms with Crippen molar-refractivity contribution in [2.24, 2.45) is 0 Å². The molecule has 0 atom stereocenters. The number of carboxylic acids is 1. The zero-order chi connectivity index (χ0) is 10.6. The van der Waals surface area contributed by atoms with Crippen molar-refractivity contribution in [2.75, 3.05) is 11.9 Å². The average molecular weight is 231 g/mol. The number of rotatable bonds is 3. The molecule has 2 N–H and O–H groups in total. The Bertz CT molecular complexity index is 405. The standard InChI is InChI=1S/C8H7ClN2O2S/c1-2-3-4-10-8-11-6(9)5(14-8)7(12)13/h4H2,1H3,(H,10,11)(H,12,13). The third-order valence-electron chi connectivity index (χ3n) is 1.28. The number of nitrogens with one attached hydrogen (secondary N) is 1. The van der Waals surface area contributed by atoms with Crippen molar-refractivity contribution in [1.29, 1.82) is 0 Å². The first kappa shape index (κ1) is 10.8. The first-order valence-corrected chi connectivity index (χ1v) is 4.87. The predicted octanol–water partition coefficient (Wildman–Crippen LogP) is 1.93. The molecule has 0 aliphatic heterocycles. The lowest BCUT2D eigenvalue weighted by molar-refractivity contribution is 0.0702. The van der Waals surface area contributed by atoms with E-state index in [2.05, 4.69) is 22.1 Å². The molecule has 0 aliphatic rings. The van der Waals surface area contributed by atoms with Gasteiger partial charge in [0.25, 0.3) is 0 Å². The van der Waals surface area contributed by atoms with E-state index in [0.29, 0.717) is 11.7 Å². The van der Waals surface area contributed by atoms with Crippen LogP contribution < -0.4 is 5.32 Å². The largest absolute Gasteiger partial charge is 0.477 e. The fourth-order valence-electron chi connectivity index (χ4n) is 0.717. The number of anilines is 1. The SMILES string of the molecule is CC#CCNc1nc(Cl)c(C(=O)O)s1. The Morgan fingerprint density at radius 1 is 1.79 bits per heavy atom. The normalized spacial score (nSPS) is 9.00. The van der Waals surface area contributed by atoms with E-state index >= 15 is 0 Å². The molecule has 74 valence electrons. The molecule has 0 aromatic carbocycles. The van der Waals surface area contributed by atoms with Crippen LogP contribution in [-0.4, -0.2) is 22.6 Å². The number of nitrogens with zero attached hydrogens (tertiary/aromatic N) is 1. The van der Waals surface area contributed by atoms with Gasteiger partial charge in [-0.15, -0.1) is 5.92 Å². The number of hydrogen-bond acceptors (Lipinski definition) is 4. The molecule has 0 saturated carbocycles. The first-order valence-electron chi connectivity index (χ1n) is 3.68. The van der Waals surface area contributed by atoms with Crippen molar-refractivity contribution >= 4 is 34.0 Å². The van der Waals surface area contributed by atoms with Crippen LogP contribution in [0.1, 0.15) is 16.6 Å². The van der Waals surface area contributed by atoms with Gasteiger partial charge in [0.15, 0.2) is 15.2 Å². The lowest BCUT2D eigenvalue weighted by Crippen LogP contribution is -1.97. The summed E-state index contributed by atoms with van der Waals surface area (Å²) in [6.45, 7) is 2.15. The summed E-state index contributed by atoms with van der Waals surface area (Å²) >= 11 is 6.59. The maximum Gasteiger partial charge on any atom is 0.349 e. The maximum atomic E-state index is 10.6. The summed E-state index contributed by atoms with van der Waals surface area (Å²) in [5, 5.41) is 12.0. The van der Waals surface area contributed by atoms with Crippen LogP contribution in [0.15, 0.2) is 0 Å². The van der Waals surface area contributed by atoms with Gasteiger partial charge in [-0.3, -0.25) is 0 Å². The van der Waals surface area contributed by atoms with Gasteiger partial charge in [0, 0.05) is 0 Å². The molecular formula is C8H7ClN2O2S. The first-order chi connectivity index (χ1) is 6.65. The molecule has 0 radical (unpaired) electrons. The minimum atomic E-state index is -1.07. The Kier molecular flexibility index (Phi) is 3.74. The Labute approximate surface area is 89.9 Å². The van der Waals surface area contributed by atoms with Crippen molar-refractivity contribution in [3.05, 3.63) is 10.0 Å². The van der Waals surface area contributed by atoms with Gasteiger partial charge in [0.1, 0.15) is 0 Å². The van der Waals surface area contributed by atoms with E-state index in [-0.39, 0.29) is 10.0 Å². The van der Waals surface area contributed by atoms with Gasteiger partial charge < -0.3 is 10.4 Å². The lowest BCUT2D eigenvalue weighted by atomic mass is 10.6.